The fourth-order valence-electron chi connectivity index (χ4n) is 1.75. The van der Waals surface area contributed by atoms with Gasteiger partial charge < -0.3 is 5.32 Å². The lowest BCUT2D eigenvalue weighted by atomic mass is 10.1. The van der Waals surface area contributed by atoms with Crippen molar-refractivity contribution in [3.63, 3.8) is 0 Å². The highest BCUT2D eigenvalue weighted by molar-refractivity contribution is 5.94. The predicted octanol–water partition coefficient (Wildman–Crippen LogP) is 3.08. The van der Waals surface area contributed by atoms with Crippen LogP contribution in [0.5, 0.6) is 0 Å². The number of nitrogens with one attached hydrogen (secondary N) is 1. The van der Waals surface area contributed by atoms with Gasteiger partial charge in [-0.1, -0.05) is 0 Å². The van der Waals surface area contributed by atoms with Gasteiger partial charge in [0, 0.05) is 12.1 Å². The Bertz CT molecular complexity index is 611. The molecule has 5 heteroatoms. The van der Waals surface area contributed by atoms with E-state index in [1.807, 2.05) is 0 Å². The highest BCUT2D eigenvalue weighted by atomic mass is 19.1. The molecule has 0 radical (unpaired) electrons. The maximum absolute atomic E-state index is 13.3. The lowest BCUT2D eigenvalue weighted by Crippen LogP contribution is -2.25. The number of hydrogen-bond donors (Lipinski definition) is 1. The number of halogens is 3. The van der Waals surface area contributed by atoms with Crippen molar-refractivity contribution in [2.75, 3.05) is 6.54 Å². The molecular formula is C15H12F3NO. The quantitative estimate of drug-likeness (QED) is 0.915. The zero-order chi connectivity index (χ0) is 14.5. The number of amides is 1. The molecule has 2 rings (SSSR count). The van der Waals surface area contributed by atoms with Gasteiger partial charge in [0.25, 0.3) is 5.91 Å². The van der Waals surface area contributed by atoms with E-state index in [9.17, 15) is 18.0 Å². The second-order valence-corrected chi connectivity index (χ2v) is 4.25. The van der Waals surface area contributed by atoms with Crippen LogP contribution in [0.3, 0.4) is 0 Å². The molecule has 0 fully saturated rings. The molecule has 0 saturated heterocycles. The molecule has 1 N–H and O–H groups in total. The number of carbonyl (C=O) groups is 1. The Kier molecular flexibility index (Phi) is 4.40. The molecule has 2 nitrogen and oxygen atoms in total. The van der Waals surface area contributed by atoms with Crippen molar-refractivity contribution in [2.45, 2.75) is 6.42 Å². The van der Waals surface area contributed by atoms with Gasteiger partial charge in [-0.2, -0.15) is 0 Å². The fraction of sp³-hybridized carbons (Fsp3) is 0.133. The molecule has 0 aliphatic carbocycles. The van der Waals surface area contributed by atoms with E-state index < -0.39 is 17.5 Å². The molecule has 0 atom stereocenters. The smallest absolute Gasteiger partial charge is 0.251 e. The third-order valence-electron chi connectivity index (χ3n) is 2.79. The first-order valence-corrected chi connectivity index (χ1v) is 6.04. The third kappa shape index (κ3) is 3.60. The molecule has 104 valence electrons. The summed E-state index contributed by atoms with van der Waals surface area (Å²) < 4.78 is 39.0. The zero-order valence-corrected chi connectivity index (χ0v) is 10.5. The Morgan fingerprint density at radius 2 is 1.60 bits per heavy atom. The van der Waals surface area contributed by atoms with Gasteiger partial charge in [0.15, 0.2) is 0 Å². The summed E-state index contributed by atoms with van der Waals surface area (Å²) in [4.78, 5) is 11.7. The fourth-order valence-corrected chi connectivity index (χ4v) is 1.75. The summed E-state index contributed by atoms with van der Waals surface area (Å²) in [5.74, 6) is -1.85. The number of carbonyl (C=O) groups excluding carboxylic acids is 1. The maximum Gasteiger partial charge on any atom is 0.251 e. The minimum atomic E-state index is -0.522. The Morgan fingerprint density at radius 1 is 0.950 bits per heavy atom. The van der Waals surface area contributed by atoms with Gasteiger partial charge in [-0.3, -0.25) is 4.79 Å². The molecule has 0 spiro atoms. The summed E-state index contributed by atoms with van der Waals surface area (Å²) in [6.07, 6.45) is 0.177. The summed E-state index contributed by atoms with van der Waals surface area (Å²) in [5.41, 5.74) is 0.510. The van der Waals surface area contributed by atoms with Gasteiger partial charge in [0.2, 0.25) is 0 Å². The number of hydrogen-bond acceptors (Lipinski definition) is 1. The summed E-state index contributed by atoms with van der Waals surface area (Å²) in [6, 6.07) is 8.25. The van der Waals surface area contributed by atoms with Crippen molar-refractivity contribution in [2.24, 2.45) is 0 Å². The van der Waals surface area contributed by atoms with E-state index in [4.69, 9.17) is 0 Å². The van der Waals surface area contributed by atoms with Crippen molar-refractivity contribution in [3.8, 4) is 0 Å². The van der Waals surface area contributed by atoms with Crippen LogP contribution < -0.4 is 5.32 Å². The first-order chi connectivity index (χ1) is 9.56. The van der Waals surface area contributed by atoms with Crippen LogP contribution in [0.4, 0.5) is 13.2 Å². The van der Waals surface area contributed by atoms with Crippen LogP contribution in [0.25, 0.3) is 0 Å². The standard InChI is InChI=1S/C15H12F3NO/c16-12-3-1-10(2-4-12)15(20)19-8-7-11-9-13(17)5-6-14(11)18/h1-6,9H,7-8H2,(H,19,20). The topological polar surface area (TPSA) is 29.1 Å². The second-order valence-electron chi connectivity index (χ2n) is 4.25. The lowest BCUT2D eigenvalue weighted by Gasteiger charge is -2.06. The van der Waals surface area contributed by atoms with Gasteiger partial charge in [-0.05, 0) is 54.4 Å². The van der Waals surface area contributed by atoms with E-state index in [0.717, 1.165) is 18.2 Å². The van der Waals surface area contributed by atoms with Crippen molar-refractivity contribution < 1.29 is 18.0 Å². The van der Waals surface area contributed by atoms with Gasteiger partial charge in [0.05, 0.1) is 0 Å². The normalized spacial score (nSPS) is 10.3. The van der Waals surface area contributed by atoms with Crippen molar-refractivity contribution in [1.29, 1.82) is 0 Å². The minimum absolute atomic E-state index is 0.163. The van der Waals surface area contributed by atoms with Gasteiger partial charge in [-0.25, -0.2) is 13.2 Å². The SMILES string of the molecule is O=C(NCCc1cc(F)ccc1F)c1ccc(F)cc1. The second kappa shape index (κ2) is 6.23. The number of rotatable bonds is 4. The molecule has 20 heavy (non-hydrogen) atoms. The van der Waals surface area contributed by atoms with Crippen LogP contribution in [0.2, 0.25) is 0 Å². The van der Waals surface area contributed by atoms with Crippen LogP contribution in [-0.2, 0) is 6.42 Å². The first-order valence-electron chi connectivity index (χ1n) is 6.04. The van der Waals surface area contributed by atoms with Crippen molar-refractivity contribution in [3.05, 3.63) is 71.0 Å². The summed E-state index contributed by atoms with van der Waals surface area (Å²) in [7, 11) is 0. The molecule has 0 saturated carbocycles. The molecule has 0 aromatic heterocycles. The molecule has 0 unspecified atom stereocenters. The van der Waals surface area contributed by atoms with E-state index in [1.54, 1.807) is 0 Å². The molecular weight excluding hydrogens is 267 g/mol. The average Bonchev–Trinajstić information content (AvgIpc) is 2.43. The van der Waals surface area contributed by atoms with Crippen LogP contribution in [0.1, 0.15) is 15.9 Å². The summed E-state index contributed by atoms with van der Waals surface area (Å²) in [5, 5.41) is 2.56. The Balaban J connectivity index is 1.91. The van der Waals surface area contributed by atoms with Gasteiger partial charge in [-0.15, -0.1) is 0 Å². The average molecular weight is 279 g/mol. The predicted molar refractivity (Wildman–Crippen MR) is 68.8 cm³/mol. The maximum atomic E-state index is 13.3. The summed E-state index contributed by atoms with van der Waals surface area (Å²) in [6.45, 7) is 0.163. The van der Waals surface area contributed by atoms with E-state index >= 15 is 0 Å². The highest BCUT2D eigenvalue weighted by Gasteiger charge is 2.07. The van der Waals surface area contributed by atoms with Crippen LogP contribution in [-0.4, -0.2) is 12.5 Å². The zero-order valence-electron chi connectivity index (χ0n) is 10.5. The number of benzene rings is 2. The molecule has 0 aliphatic heterocycles. The summed E-state index contributed by atoms with van der Waals surface area (Å²) >= 11 is 0. The Morgan fingerprint density at radius 3 is 2.30 bits per heavy atom. The van der Waals surface area contributed by atoms with Crippen LogP contribution in [0, 0.1) is 17.5 Å². The van der Waals surface area contributed by atoms with E-state index in [2.05, 4.69) is 5.32 Å². The minimum Gasteiger partial charge on any atom is -0.352 e. The van der Waals surface area contributed by atoms with E-state index in [-0.39, 0.29) is 24.4 Å². The third-order valence-corrected chi connectivity index (χ3v) is 2.79. The van der Waals surface area contributed by atoms with Gasteiger partial charge in [0.1, 0.15) is 17.5 Å². The Hall–Kier alpha value is -2.30. The molecule has 1 amide bonds. The van der Waals surface area contributed by atoms with Crippen molar-refractivity contribution in [1.82, 2.24) is 5.32 Å². The van der Waals surface area contributed by atoms with E-state index in [1.165, 1.54) is 24.3 Å². The molecule has 0 aliphatic rings. The molecule has 0 bridgehead atoms. The largest absolute Gasteiger partial charge is 0.352 e. The Labute approximate surface area is 114 Å². The van der Waals surface area contributed by atoms with Crippen LogP contribution >= 0.6 is 0 Å². The van der Waals surface area contributed by atoms with Gasteiger partial charge >= 0.3 is 0 Å². The highest BCUT2D eigenvalue weighted by Crippen LogP contribution is 2.10. The lowest BCUT2D eigenvalue weighted by molar-refractivity contribution is 0.0954. The van der Waals surface area contributed by atoms with E-state index in [0.29, 0.717) is 5.56 Å². The first kappa shape index (κ1) is 14.1. The van der Waals surface area contributed by atoms with Crippen LogP contribution in [0.15, 0.2) is 42.5 Å². The van der Waals surface area contributed by atoms with Crippen molar-refractivity contribution >= 4 is 5.91 Å². The molecule has 0 heterocycles. The molecule has 2 aromatic carbocycles. The molecule has 2 aromatic rings. The monoisotopic (exact) mass is 279 g/mol.